The van der Waals surface area contributed by atoms with Gasteiger partial charge in [-0.2, -0.15) is 0 Å². The smallest absolute Gasteiger partial charge is 0.164 e. The SMILES string of the molecule is c1ccc(-c2ccc(-c3cc(-c4ccc(-c5ccc(C67CC8CC(CC(C8)C6)C7)cc5)nc4)nc(-c4cccc5c4oc4ccccc45)n3)c3c2oc2ccccc23)cc1. The van der Waals surface area contributed by atoms with Crippen LogP contribution in [0.15, 0.2) is 167 Å². The van der Waals surface area contributed by atoms with Gasteiger partial charge in [-0.25, -0.2) is 9.97 Å². The molecule has 5 nitrogen and oxygen atoms in total. The van der Waals surface area contributed by atoms with E-state index in [1.165, 1.54) is 38.5 Å². The van der Waals surface area contributed by atoms with Crippen LogP contribution in [0.2, 0.25) is 0 Å². The van der Waals surface area contributed by atoms with Crippen LogP contribution in [0, 0.1) is 17.8 Å². The standard InChI is InChI=1S/C55H41N3O2/c1-2-9-36(10-3-1)40-22-23-43(51-44-12-5-7-16-50(44)60-53(40)51)48-28-47(57-54(58-48)45-14-8-13-42-41-11-4-6-15-49(41)59-52(42)45)38-19-24-46(56-32-38)37-17-20-39(21-18-37)55-29-33-25-34(30-55)27-35(26-33)31-55/h1-24,28,32-35H,25-27,29-31H2. The number of pyridine rings is 1. The third-order valence-electron chi connectivity index (χ3n) is 14.1. The second-order valence-corrected chi connectivity index (χ2v) is 17.8. The van der Waals surface area contributed by atoms with Crippen LogP contribution in [0.4, 0.5) is 0 Å². The van der Waals surface area contributed by atoms with Crippen molar-refractivity contribution in [1.82, 2.24) is 15.0 Å². The maximum absolute atomic E-state index is 6.68. The van der Waals surface area contributed by atoms with Crippen molar-refractivity contribution in [1.29, 1.82) is 0 Å². The number of hydrogen-bond acceptors (Lipinski definition) is 5. The number of rotatable bonds is 6. The lowest BCUT2D eigenvalue weighted by atomic mass is 9.48. The summed E-state index contributed by atoms with van der Waals surface area (Å²) < 4.78 is 13.2. The summed E-state index contributed by atoms with van der Waals surface area (Å²) in [6, 6.07) is 53.2. The topological polar surface area (TPSA) is 65.0 Å². The fourth-order valence-electron chi connectivity index (χ4n) is 11.8. The van der Waals surface area contributed by atoms with E-state index in [9.17, 15) is 0 Å². The first kappa shape index (κ1) is 34.1. The highest BCUT2D eigenvalue weighted by molar-refractivity contribution is 6.16. The predicted octanol–water partition coefficient (Wildman–Crippen LogP) is 14.5. The van der Waals surface area contributed by atoms with Gasteiger partial charge in [-0.1, -0.05) is 109 Å². The Balaban J connectivity index is 0.947. The van der Waals surface area contributed by atoms with Gasteiger partial charge >= 0.3 is 0 Å². The lowest BCUT2D eigenvalue weighted by Crippen LogP contribution is -2.48. The van der Waals surface area contributed by atoms with Gasteiger partial charge in [0.05, 0.1) is 22.6 Å². The monoisotopic (exact) mass is 775 g/mol. The van der Waals surface area contributed by atoms with Crippen molar-refractivity contribution in [2.75, 3.05) is 0 Å². The Morgan fingerprint density at radius 1 is 0.450 bits per heavy atom. The number of benzene rings is 6. The van der Waals surface area contributed by atoms with E-state index in [-0.39, 0.29) is 0 Å². The zero-order valence-electron chi connectivity index (χ0n) is 33.1. The second kappa shape index (κ2) is 13.1. The van der Waals surface area contributed by atoms with Crippen molar-refractivity contribution in [3.8, 4) is 56.3 Å². The van der Waals surface area contributed by atoms with Gasteiger partial charge < -0.3 is 8.83 Å². The third kappa shape index (κ3) is 5.34. The zero-order valence-corrected chi connectivity index (χ0v) is 33.1. The lowest BCUT2D eigenvalue weighted by Gasteiger charge is -2.57. The molecule has 0 radical (unpaired) electrons. The minimum absolute atomic E-state index is 0.385. The Bertz CT molecular complexity index is 3250. The molecule has 0 spiro atoms. The number of fused-ring (bicyclic) bond motifs is 6. The first-order valence-corrected chi connectivity index (χ1v) is 21.5. The molecule has 0 unspecified atom stereocenters. The molecule has 0 aliphatic heterocycles. The van der Waals surface area contributed by atoms with E-state index in [4.69, 9.17) is 23.8 Å². The van der Waals surface area contributed by atoms with Gasteiger partial charge in [0.25, 0.3) is 0 Å². The van der Waals surface area contributed by atoms with Crippen molar-refractivity contribution in [2.24, 2.45) is 17.8 Å². The van der Waals surface area contributed by atoms with E-state index in [1.807, 2.05) is 42.6 Å². The second-order valence-electron chi connectivity index (χ2n) is 17.8. The van der Waals surface area contributed by atoms with E-state index in [0.29, 0.717) is 11.2 Å². The normalized spacial score (nSPS) is 20.8. The van der Waals surface area contributed by atoms with Crippen LogP contribution in [-0.4, -0.2) is 15.0 Å². The molecule has 4 aliphatic rings. The highest BCUT2D eigenvalue weighted by Crippen LogP contribution is 2.60. The van der Waals surface area contributed by atoms with Crippen LogP contribution >= 0.6 is 0 Å². The van der Waals surface area contributed by atoms with Crippen LogP contribution in [0.3, 0.4) is 0 Å². The summed E-state index contributed by atoms with van der Waals surface area (Å²) in [6.07, 6.45) is 10.5. The molecular weight excluding hydrogens is 735 g/mol. The van der Waals surface area contributed by atoms with Crippen LogP contribution in [0.1, 0.15) is 44.1 Å². The third-order valence-corrected chi connectivity index (χ3v) is 14.1. The summed E-state index contributed by atoms with van der Waals surface area (Å²) in [4.78, 5) is 15.7. The molecule has 288 valence electrons. The average molecular weight is 776 g/mol. The molecule has 6 aromatic carbocycles. The van der Waals surface area contributed by atoms with Gasteiger partial charge in [-0.05, 0) is 115 Å². The summed E-state index contributed by atoms with van der Waals surface area (Å²) in [6.45, 7) is 0. The van der Waals surface area contributed by atoms with Gasteiger partial charge in [0.2, 0.25) is 0 Å². The number of aromatic nitrogens is 3. The predicted molar refractivity (Wildman–Crippen MR) is 241 cm³/mol. The Kier molecular flexibility index (Phi) is 7.42. The summed E-state index contributed by atoms with van der Waals surface area (Å²) in [5.74, 6) is 3.37. The Hall–Kier alpha value is -6.85. The molecule has 10 aromatic rings. The Morgan fingerprint density at radius 3 is 1.83 bits per heavy atom. The average Bonchev–Trinajstić information content (AvgIpc) is 3.88. The van der Waals surface area contributed by atoms with Crippen LogP contribution in [-0.2, 0) is 5.41 Å². The fraction of sp³-hybridized carbons (Fsp3) is 0.182. The van der Waals surface area contributed by atoms with Crippen molar-refractivity contribution >= 4 is 43.9 Å². The summed E-state index contributed by atoms with van der Waals surface area (Å²) in [5, 5.41) is 4.17. The highest BCUT2D eigenvalue weighted by atomic mass is 16.3. The van der Waals surface area contributed by atoms with Gasteiger partial charge in [-0.3, -0.25) is 4.98 Å². The van der Waals surface area contributed by atoms with Crippen LogP contribution in [0.5, 0.6) is 0 Å². The number of hydrogen-bond donors (Lipinski definition) is 0. The van der Waals surface area contributed by atoms with E-state index in [2.05, 4.69) is 115 Å². The lowest BCUT2D eigenvalue weighted by molar-refractivity contribution is -0.00518. The number of furan rings is 2. The molecule has 0 amide bonds. The molecule has 4 fully saturated rings. The highest BCUT2D eigenvalue weighted by Gasteiger charge is 2.51. The van der Waals surface area contributed by atoms with Gasteiger partial charge in [0, 0.05) is 50.0 Å². The molecule has 4 bridgehead atoms. The van der Waals surface area contributed by atoms with Crippen molar-refractivity contribution < 1.29 is 8.83 Å². The first-order valence-electron chi connectivity index (χ1n) is 21.5. The summed E-state index contributed by atoms with van der Waals surface area (Å²) in [5.41, 5.74) is 13.8. The van der Waals surface area contributed by atoms with E-state index >= 15 is 0 Å². The van der Waals surface area contributed by atoms with E-state index in [0.717, 1.165) is 112 Å². The number of nitrogens with zero attached hydrogens (tertiary/aromatic N) is 3. The molecule has 4 aliphatic carbocycles. The van der Waals surface area contributed by atoms with Crippen molar-refractivity contribution in [3.63, 3.8) is 0 Å². The minimum Gasteiger partial charge on any atom is -0.455 e. The first-order chi connectivity index (χ1) is 29.6. The maximum atomic E-state index is 6.68. The van der Waals surface area contributed by atoms with Gasteiger partial charge in [0.15, 0.2) is 5.82 Å². The zero-order chi connectivity index (χ0) is 39.4. The van der Waals surface area contributed by atoms with Crippen LogP contribution in [0.25, 0.3) is 100 Å². The van der Waals surface area contributed by atoms with Gasteiger partial charge in [-0.15, -0.1) is 0 Å². The van der Waals surface area contributed by atoms with Crippen molar-refractivity contribution in [3.05, 3.63) is 163 Å². The van der Waals surface area contributed by atoms with Crippen molar-refractivity contribution in [2.45, 2.75) is 43.9 Å². The molecule has 4 saturated carbocycles. The van der Waals surface area contributed by atoms with E-state index < -0.39 is 0 Å². The molecule has 14 rings (SSSR count). The Labute approximate surface area is 347 Å². The largest absolute Gasteiger partial charge is 0.455 e. The quantitative estimate of drug-likeness (QED) is 0.168. The van der Waals surface area contributed by atoms with Crippen LogP contribution < -0.4 is 0 Å². The molecule has 0 N–H and O–H groups in total. The molecule has 0 saturated heterocycles. The van der Waals surface area contributed by atoms with Gasteiger partial charge in [0.1, 0.15) is 22.3 Å². The molecule has 4 heterocycles. The molecule has 4 aromatic heterocycles. The number of para-hydroxylation sites is 3. The maximum Gasteiger partial charge on any atom is 0.164 e. The van der Waals surface area contributed by atoms with E-state index in [1.54, 1.807) is 5.56 Å². The summed E-state index contributed by atoms with van der Waals surface area (Å²) >= 11 is 0. The molecule has 0 atom stereocenters. The molecule has 5 heteroatoms. The minimum atomic E-state index is 0.385. The molecule has 60 heavy (non-hydrogen) atoms. The molecular formula is C55H41N3O2. The fourth-order valence-corrected chi connectivity index (χ4v) is 11.8. The summed E-state index contributed by atoms with van der Waals surface area (Å²) in [7, 11) is 0. The Morgan fingerprint density at radius 2 is 1.08 bits per heavy atom.